The molecular weight excluding hydrogens is 452 g/mol. The van der Waals surface area contributed by atoms with Crippen molar-refractivity contribution in [2.45, 2.75) is 50.2 Å². The second-order valence-corrected chi connectivity index (χ2v) is 7.68. The van der Waals surface area contributed by atoms with Crippen LogP contribution < -0.4 is 10.6 Å². The van der Waals surface area contributed by atoms with Crippen LogP contribution in [0.25, 0.3) is 0 Å². The predicted octanol–water partition coefficient (Wildman–Crippen LogP) is 5.23. The maximum Gasteiger partial charge on any atom is 0.416 e. The number of anilines is 1. The van der Waals surface area contributed by atoms with Gasteiger partial charge >= 0.3 is 12.4 Å². The number of amides is 1. The molecule has 0 aromatic heterocycles. The number of hydrogen-bond donors (Lipinski definition) is 3. The van der Waals surface area contributed by atoms with Gasteiger partial charge in [-0.15, -0.1) is 0 Å². The van der Waals surface area contributed by atoms with E-state index in [1.165, 1.54) is 18.2 Å². The van der Waals surface area contributed by atoms with E-state index < -0.39 is 35.5 Å². The molecule has 2 aromatic carbocycles. The Hall–Kier alpha value is -3.08. The molecule has 0 spiro atoms. The molecule has 0 radical (unpaired) electrons. The Kier molecular flexibility index (Phi) is 7.31. The summed E-state index contributed by atoms with van der Waals surface area (Å²) in [7, 11) is 0. The summed E-state index contributed by atoms with van der Waals surface area (Å²) in [5.41, 5.74) is -2.23. The molecule has 1 aliphatic carbocycles. The zero-order chi connectivity index (χ0) is 24.2. The van der Waals surface area contributed by atoms with Crippen LogP contribution in [0.4, 0.5) is 32.0 Å². The topological polar surface area (TPSA) is 73.7 Å². The Balaban J connectivity index is 1.86. The van der Waals surface area contributed by atoms with Crippen LogP contribution in [0.1, 0.15) is 47.2 Å². The Morgan fingerprint density at radius 2 is 1.45 bits per heavy atom. The fourth-order valence-corrected chi connectivity index (χ4v) is 3.39. The van der Waals surface area contributed by atoms with Crippen LogP contribution in [-0.4, -0.2) is 29.1 Å². The zero-order valence-corrected chi connectivity index (χ0v) is 17.2. The highest BCUT2D eigenvalue weighted by molar-refractivity contribution is 6.10. The maximum absolute atomic E-state index is 13.0. The number of carbonyl (C=O) groups is 1. The van der Waals surface area contributed by atoms with Gasteiger partial charge in [-0.2, -0.15) is 26.3 Å². The van der Waals surface area contributed by atoms with Crippen molar-refractivity contribution in [2.75, 3.05) is 5.32 Å². The standard InChI is InChI=1S/C22H21F6N3O2/c23-21(24,25)14-4-1-3-13(11-14)19(33)31-20(29-16-7-9-18(32)10-8-16)30-17-6-2-5-15(12-17)22(26,27)28/h1-6,11-12,16,18,32H,7-10H2,(H2,29,30,31,33). The summed E-state index contributed by atoms with van der Waals surface area (Å²) in [5, 5.41) is 14.7. The number of aliphatic hydroxyl groups is 1. The SMILES string of the molecule is O=C(NC(=NC1CCC(O)CC1)Nc1cccc(C(F)(F)F)c1)c1cccc(C(F)(F)F)c1. The van der Waals surface area contributed by atoms with Crippen molar-refractivity contribution in [1.29, 1.82) is 0 Å². The number of nitrogens with one attached hydrogen (secondary N) is 2. The molecule has 11 heteroatoms. The molecule has 1 amide bonds. The van der Waals surface area contributed by atoms with Crippen LogP contribution in [0.15, 0.2) is 53.5 Å². The summed E-state index contributed by atoms with van der Waals surface area (Å²) < 4.78 is 78.0. The predicted molar refractivity (Wildman–Crippen MR) is 110 cm³/mol. The molecule has 3 N–H and O–H groups in total. The van der Waals surface area contributed by atoms with Gasteiger partial charge in [0.25, 0.3) is 5.91 Å². The van der Waals surface area contributed by atoms with E-state index in [0.29, 0.717) is 31.7 Å². The molecule has 0 unspecified atom stereocenters. The molecule has 178 valence electrons. The van der Waals surface area contributed by atoms with E-state index in [-0.39, 0.29) is 23.3 Å². The fourth-order valence-electron chi connectivity index (χ4n) is 3.39. The van der Waals surface area contributed by atoms with Crippen LogP contribution in [0, 0.1) is 0 Å². The van der Waals surface area contributed by atoms with E-state index in [4.69, 9.17) is 0 Å². The van der Waals surface area contributed by atoms with E-state index in [0.717, 1.165) is 24.3 Å². The number of rotatable bonds is 3. The third kappa shape index (κ3) is 6.95. The summed E-state index contributed by atoms with van der Waals surface area (Å²) >= 11 is 0. The lowest BCUT2D eigenvalue weighted by Crippen LogP contribution is -2.37. The van der Waals surface area contributed by atoms with Crippen LogP contribution in [0.2, 0.25) is 0 Å². The molecule has 0 bridgehead atoms. The van der Waals surface area contributed by atoms with Gasteiger partial charge < -0.3 is 10.4 Å². The van der Waals surface area contributed by atoms with Gasteiger partial charge in [-0.1, -0.05) is 12.1 Å². The highest BCUT2D eigenvalue weighted by Gasteiger charge is 2.32. The Bertz CT molecular complexity index is 1010. The molecule has 1 fully saturated rings. The summed E-state index contributed by atoms with van der Waals surface area (Å²) in [5.74, 6) is -1.10. The van der Waals surface area contributed by atoms with Crippen molar-refractivity contribution in [3.05, 3.63) is 65.2 Å². The maximum atomic E-state index is 13.0. The van der Waals surface area contributed by atoms with Crippen molar-refractivity contribution in [1.82, 2.24) is 5.32 Å². The molecule has 33 heavy (non-hydrogen) atoms. The number of halogens is 6. The van der Waals surface area contributed by atoms with Crippen molar-refractivity contribution < 1.29 is 36.2 Å². The van der Waals surface area contributed by atoms with Crippen LogP contribution in [0.3, 0.4) is 0 Å². The first-order chi connectivity index (χ1) is 15.4. The number of guanidine groups is 1. The van der Waals surface area contributed by atoms with Crippen molar-refractivity contribution in [2.24, 2.45) is 4.99 Å². The Morgan fingerprint density at radius 3 is 2.06 bits per heavy atom. The summed E-state index contributed by atoms with van der Waals surface area (Å²) in [6, 6.07) is 7.65. The van der Waals surface area contributed by atoms with E-state index in [9.17, 15) is 36.2 Å². The van der Waals surface area contributed by atoms with Gasteiger partial charge in [-0.25, -0.2) is 4.99 Å². The number of nitrogens with zero attached hydrogens (tertiary/aromatic N) is 1. The van der Waals surface area contributed by atoms with Gasteiger partial charge in [0.1, 0.15) is 0 Å². The Morgan fingerprint density at radius 1 is 0.879 bits per heavy atom. The number of alkyl halides is 6. The lowest BCUT2D eigenvalue weighted by molar-refractivity contribution is -0.138. The minimum Gasteiger partial charge on any atom is -0.393 e. The summed E-state index contributed by atoms with van der Waals surface area (Å²) in [6.45, 7) is 0. The molecule has 0 heterocycles. The van der Waals surface area contributed by atoms with Crippen LogP contribution >= 0.6 is 0 Å². The first-order valence-electron chi connectivity index (χ1n) is 10.1. The minimum atomic E-state index is -4.65. The van der Waals surface area contributed by atoms with Gasteiger partial charge in [0.05, 0.1) is 23.3 Å². The van der Waals surface area contributed by atoms with Gasteiger partial charge in [0.15, 0.2) is 0 Å². The van der Waals surface area contributed by atoms with Gasteiger partial charge in [-0.3, -0.25) is 10.1 Å². The first kappa shape index (κ1) is 24.6. The van der Waals surface area contributed by atoms with E-state index >= 15 is 0 Å². The number of aliphatic imine (C=N–C) groups is 1. The molecule has 0 atom stereocenters. The lowest BCUT2D eigenvalue weighted by Gasteiger charge is -2.23. The molecular formula is C22H21F6N3O2. The number of benzene rings is 2. The fraction of sp³-hybridized carbons (Fsp3) is 0.364. The monoisotopic (exact) mass is 473 g/mol. The molecule has 0 saturated heterocycles. The summed E-state index contributed by atoms with van der Waals surface area (Å²) in [6.07, 6.45) is -7.82. The molecule has 1 saturated carbocycles. The van der Waals surface area contributed by atoms with E-state index in [1.54, 1.807) is 0 Å². The zero-order valence-electron chi connectivity index (χ0n) is 17.2. The number of carbonyl (C=O) groups excluding carboxylic acids is 1. The smallest absolute Gasteiger partial charge is 0.393 e. The molecule has 1 aliphatic rings. The normalized spacial score (nSPS) is 19.8. The van der Waals surface area contributed by atoms with E-state index in [1.807, 2.05) is 0 Å². The molecule has 0 aliphatic heterocycles. The van der Waals surface area contributed by atoms with Crippen molar-refractivity contribution in [3.63, 3.8) is 0 Å². The van der Waals surface area contributed by atoms with Crippen molar-refractivity contribution >= 4 is 17.6 Å². The lowest BCUT2D eigenvalue weighted by atomic mass is 9.94. The highest BCUT2D eigenvalue weighted by Crippen LogP contribution is 2.31. The first-order valence-corrected chi connectivity index (χ1v) is 10.1. The second kappa shape index (κ2) is 9.82. The largest absolute Gasteiger partial charge is 0.416 e. The van der Waals surface area contributed by atoms with Gasteiger partial charge in [-0.05, 0) is 62.1 Å². The summed E-state index contributed by atoms with van der Waals surface area (Å²) in [4.78, 5) is 17.0. The molecule has 3 rings (SSSR count). The second-order valence-electron chi connectivity index (χ2n) is 7.68. The third-order valence-corrected chi connectivity index (χ3v) is 5.11. The Labute approximate surface area is 185 Å². The van der Waals surface area contributed by atoms with Gasteiger partial charge in [0.2, 0.25) is 5.96 Å². The average Bonchev–Trinajstić information content (AvgIpc) is 2.74. The van der Waals surface area contributed by atoms with Gasteiger partial charge in [0, 0.05) is 11.3 Å². The highest BCUT2D eigenvalue weighted by atomic mass is 19.4. The van der Waals surface area contributed by atoms with Crippen molar-refractivity contribution in [3.8, 4) is 0 Å². The molecule has 2 aromatic rings. The quantitative estimate of drug-likeness (QED) is 0.325. The van der Waals surface area contributed by atoms with Crippen LogP contribution in [-0.2, 0) is 12.4 Å². The number of aliphatic hydroxyl groups excluding tert-OH is 1. The minimum absolute atomic E-state index is 0.0104. The molecule has 5 nitrogen and oxygen atoms in total. The number of hydrogen-bond acceptors (Lipinski definition) is 3. The van der Waals surface area contributed by atoms with E-state index in [2.05, 4.69) is 15.6 Å². The third-order valence-electron chi connectivity index (χ3n) is 5.11. The van der Waals surface area contributed by atoms with Crippen LogP contribution in [0.5, 0.6) is 0 Å². The average molecular weight is 473 g/mol.